The predicted molar refractivity (Wildman–Crippen MR) is 68.6 cm³/mol. The van der Waals surface area contributed by atoms with Crippen molar-refractivity contribution in [3.8, 4) is 0 Å². The number of carbonyl (C=O) groups excluding carboxylic acids is 1. The Morgan fingerprint density at radius 3 is 2.62 bits per heavy atom. The van der Waals surface area contributed by atoms with Crippen LogP contribution in [0.2, 0.25) is 0 Å². The molecule has 0 bridgehead atoms. The summed E-state index contributed by atoms with van der Waals surface area (Å²) in [5.74, 6) is 0.000934. The fourth-order valence-electron chi connectivity index (χ4n) is 1.79. The summed E-state index contributed by atoms with van der Waals surface area (Å²) in [6, 6.07) is 8.05. The number of hydrogen-bond donors (Lipinski definition) is 1. The van der Waals surface area contributed by atoms with Crippen LogP contribution in [0.5, 0.6) is 0 Å². The van der Waals surface area contributed by atoms with Crippen molar-refractivity contribution in [3.05, 3.63) is 29.8 Å². The molecule has 0 aliphatic carbocycles. The van der Waals surface area contributed by atoms with E-state index in [1.54, 1.807) is 6.92 Å². The molecule has 0 unspecified atom stereocenters. The molecule has 0 radical (unpaired) electrons. The summed E-state index contributed by atoms with van der Waals surface area (Å²) in [5.41, 5.74) is 2.21. The van der Waals surface area contributed by atoms with Crippen molar-refractivity contribution in [2.75, 3.05) is 5.32 Å². The van der Waals surface area contributed by atoms with Crippen molar-refractivity contribution in [1.82, 2.24) is 0 Å². The van der Waals surface area contributed by atoms with Gasteiger partial charge in [-0.25, -0.2) is 0 Å². The maximum absolute atomic E-state index is 11.0. The molecule has 0 saturated heterocycles. The minimum atomic E-state index is 0.000934. The number of unbranched alkanes of at least 4 members (excludes halogenated alkanes) is 3. The molecule has 2 heteroatoms. The Kier molecular flexibility index (Phi) is 5.62. The van der Waals surface area contributed by atoms with E-state index in [9.17, 15) is 4.79 Å². The van der Waals surface area contributed by atoms with Crippen molar-refractivity contribution in [3.63, 3.8) is 0 Å². The molecular weight excluding hydrogens is 198 g/mol. The number of hydrogen-bond acceptors (Lipinski definition) is 1. The molecule has 0 saturated carbocycles. The Balaban J connectivity index is 2.53. The average Bonchev–Trinajstić information content (AvgIpc) is 2.26. The lowest BCUT2D eigenvalue weighted by Gasteiger charge is -2.09. The van der Waals surface area contributed by atoms with Gasteiger partial charge in [-0.05, 0) is 24.5 Å². The maximum Gasteiger partial charge on any atom is 0.221 e. The van der Waals surface area contributed by atoms with Gasteiger partial charge >= 0.3 is 0 Å². The van der Waals surface area contributed by atoms with Crippen LogP contribution in [0.15, 0.2) is 24.3 Å². The van der Waals surface area contributed by atoms with E-state index in [0.29, 0.717) is 0 Å². The van der Waals surface area contributed by atoms with Crippen LogP contribution in [-0.4, -0.2) is 5.91 Å². The minimum absolute atomic E-state index is 0.000934. The van der Waals surface area contributed by atoms with Gasteiger partial charge in [0.15, 0.2) is 0 Å². The SMILES string of the molecule is CCCCCCc1ccccc1NC(C)=O. The van der Waals surface area contributed by atoms with Gasteiger partial charge in [0.2, 0.25) is 5.91 Å². The molecule has 1 amide bonds. The van der Waals surface area contributed by atoms with Crippen LogP contribution >= 0.6 is 0 Å². The van der Waals surface area contributed by atoms with Crippen LogP contribution in [0.25, 0.3) is 0 Å². The summed E-state index contributed by atoms with van der Waals surface area (Å²) in [4.78, 5) is 11.0. The molecule has 0 aliphatic rings. The highest BCUT2D eigenvalue weighted by Gasteiger charge is 2.02. The highest BCUT2D eigenvalue weighted by atomic mass is 16.1. The molecule has 1 aromatic carbocycles. The number of para-hydroxylation sites is 1. The highest BCUT2D eigenvalue weighted by molar-refractivity contribution is 5.89. The van der Waals surface area contributed by atoms with Crippen LogP contribution in [-0.2, 0) is 11.2 Å². The molecule has 0 aromatic heterocycles. The van der Waals surface area contributed by atoms with Gasteiger partial charge < -0.3 is 5.32 Å². The second-order valence-electron chi connectivity index (χ2n) is 4.15. The third-order valence-electron chi connectivity index (χ3n) is 2.63. The number of anilines is 1. The van der Waals surface area contributed by atoms with Crippen molar-refractivity contribution < 1.29 is 4.79 Å². The molecule has 0 spiro atoms. The Morgan fingerprint density at radius 1 is 1.19 bits per heavy atom. The van der Waals surface area contributed by atoms with E-state index in [-0.39, 0.29) is 5.91 Å². The van der Waals surface area contributed by atoms with Crippen LogP contribution in [0.1, 0.15) is 45.1 Å². The topological polar surface area (TPSA) is 29.1 Å². The summed E-state index contributed by atoms with van der Waals surface area (Å²) < 4.78 is 0. The second kappa shape index (κ2) is 7.04. The van der Waals surface area contributed by atoms with Gasteiger partial charge in [0, 0.05) is 12.6 Å². The number of aryl methyl sites for hydroxylation is 1. The van der Waals surface area contributed by atoms with Gasteiger partial charge in [-0.2, -0.15) is 0 Å². The zero-order valence-electron chi connectivity index (χ0n) is 10.3. The standard InChI is InChI=1S/C14H21NO/c1-3-4-5-6-9-13-10-7-8-11-14(13)15-12(2)16/h7-8,10-11H,3-6,9H2,1-2H3,(H,15,16). The summed E-state index contributed by atoms with van der Waals surface area (Å²) >= 11 is 0. The molecule has 88 valence electrons. The molecule has 0 heterocycles. The first-order chi connectivity index (χ1) is 7.74. The molecule has 0 fully saturated rings. The van der Waals surface area contributed by atoms with Crippen molar-refractivity contribution in [1.29, 1.82) is 0 Å². The first-order valence-corrected chi connectivity index (χ1v) is 6.09. The summed E-state index contributed by atoms with van der Waals surface area (Å²) in [7, 11) is 0. The molecule has 16 heavy (non-hydrogen) atoms. The van der Waals surface area contributed by atoms with Crippen LogP contribution in [0.3, 0.4) is 0 Å². The monoisotopic (exact) mass is 219 g/mol. The van der Waals surface area contributed by atoms with Gasteiger partial charge in [-0.1, -0.05) is 44.4 Å². The van der Waals surface area contributed by atoms with Gasteiger partial charge in [-0.15, -0.1) is 0 Å². The number of rotatable bonds is 6. The summed E-state index contributed by atoms with van der Waals surface area (Å²) in [6.45, 7) is 3.76. The molecule has 1 N–H and O–H groups in total. The molecular formula is C14H21NO. The first-order valence-electron chi connectivity index (χ1n) is 6.09. The number of carbonyl (C=O) groups is 1. The molecule has 0 atom stereocenters. The van der Waals surface area contributed by atoms with Crippen molar-refractivity contribution in [2.45, 2.75) is 46.0 Å². The van der Waals surface area contributed by atoms with Crippen LogP contribution in [0, 0.1) is 0 Å². The molecule has 1 rings (SSSR count). The molecule has 2 nitrogen and oxygen atoms in total. The summed E-state index contributed by atoms with van der Waals surface area (Å²) in [5, 5.41) is 2.88. The molecule has 0 aliphatic heterocycles. The Bertz CT molecular complexity index is 333. The quantitative estimate of drug-likeness (QED) is 0.725. The highest BCUT2D eigenvalue weighted by Crippen LogP contribution is 2.18. The smallest absolute Gasteiger partial charge is 0.221 e. The van der Waals surface area contributed by atoms with E-state index in [1.165, 1.54) is 31.2 Å². The normalized spacial score (nSPS) is 10.1. The maximum atomic E-state index is 11.0. The average molecular weight is 219 g/mol. The first kappa shape index (κ1) is 12.8. The third kappa shape index (κ3) is 4.47. The lowest BCUT2D eigenvalue weighted by Crippen LogP contribution is -2.08. The molecule has 1 aromatic rings. The van der Waals surface area contributed by atoms with E-state index >= 15 is 0 Å². The van der Waals surface area contributed by atoms with Crippen molar-refractivity contribution in [2.24, 2.45) is 0 Å². The second-order valence-corrected chi connectivity index (χ2v) is 4.15. The van der Waals surface area contributed by atoms with E-state index in [0.717, 1.165) is 12.1 Å². The number of benzene rings is 1. The Labute approximate surface area is 98.1 Å². The largest absolute Gasteiger partial charge is 0.326 e. The third-order valence-corrected chi connectivity index (χ3v) is 2.63. The van der Waals surface area contributed by atoms with E-state index in [2.05, 4.69) is 18.3 Å². The van der Waals surface area contributed by atoms with Gasteiger partial charge in [0.1, 0.15) is 0 Å². The van der Waals surface area contributed by atoms with E-state index in [4.69, 9.17) is 0 Å². The van der Waals surface area contributed by atoms with Crippen LogP contribution in [0.4, 0.5) is 5.69 Å². The zero-order valence-corrected chi connectivity index (χ0v) is 10.3. The Morgan fingerprint density at radius 2 is 1.94 bits per heavy atom. The fourth-order valence-corrected chi connectivity index (χ4v) is 1.79. The van der Waals surface area contributed by atoms with Gasteiger partial charge in [0.05, 0.1) is 0 Å². The number of amides is 1. The minimum Gasteiger partial charge on any atom is -0.326 e. The van der Waals surface area contributed by atoms with Gasteiger partial charge in [-0.3, -0.25) is 4.79 Å². The van der Waals surface area contributed by atoms with E-state index in [1.807, 2.05) is 18.2 Å². The predicted octanol–water partition coefficient (Wildman–Crippen LogP) is 3.77. The zero-order chi connectivity index (χ0) is 11.8. The lowest BCUT2D eigenvalue weighted by molar-refractivity contribution is -0.114. The summed E-state index contributed by atoms with van der Waals surface area (Å²) in [6.07, 6.45) is 6.07. The fraction of sp³-hybridized carbons (Fsp3) is 0.500. The van der Waals surface area contributed by atoms with Crippen LogP contribution < -0.4 is 5.32 Å². The van der Waals surface area contributed by atoms with Crippen molar-refractivity contribution >= 4 is 11.6 Å². The lowest BCUT2D eigenvalue weighted by atomic mass is 10.0. The van der Waals surface area contributed by atoms with Gasteiger partial charge in [0.25, 0.3) is 0 Å². The Hall–Kier alpha value is -1.31. The van der Waals surface area contributed by atoms with E-state index < -0.39 is 0 Å². The number of nitrogens with one attached hydrogen (secondary N) is 1.